The van der Waals surface area contributed by atoms with Crippen molar-refractivity contribution in [2.45, 2.75) is 13.1 Å². The predicted molar refractivity (Wildman–Crippen MR) is 157 cm³/mol. The molecule has 0 atom stereocenters. The highest BCUT2D eigenvalue weighted by atomic mass is 19.1. The molecule has 4 aromatic rings. The number of halogens is 2. The van der Waals surface area contributed by atoms with Crippen LogP contribution in [0, 0.1) is 11.6 Å². The summed E-state index contributed by atoms with van der Waals surface area (Å²) in [4.78, 5) is 38.8. The molecule has 12 heteroatoms. The number of nitrogens with zero attached hydrogens (tertiary/aromatic N) is 4. The molecule has 2 amide bonds. The molecule has 4 heterocycles. The summed E-state index contributed by atoms with van der Waals surface area (Å²) in [5, 5.41) is 3.12. The van der Waals surface area contributed by atoms with Crippen molar-refractivity contribution in [3.8, 4) is 22.8 Å². The van der Waals surface area contributed by atoms with Crippen molar-refractivity contribution in [2.75, 3.05) is 45.8 Å². The van der Waals surface area contributed by atoms with Crippen LogP contribution in [0.15, 0.2) is 60.8 Å². The first-order chi connectivity index (χ1) is 21.4. The van der Waals surface area contributed by atoms with Gasteiger partial charge in [0.05, 0.1) is 74.3 Å². The lowest BCUT2D eigenvalue weighted by atomic mass is 10.1. The third kappa shape index (κ3) is 5.63. The monoisotopic (exact) mass is 601 g/mol. The van der Waals surface area contributed by atoms with E-state index >= 15 is 0 Å². The van der Waals surface area contributed by atoms with Gasteiger partial charge in [-0.25, -0.2) is 18.7 Å². The van der Waals surface area contributed by atoms with E-state index in [1.54, 1.807) is 41.2 Å². The number of carbonyl (C=O) groups excluding carboxylic acids is 2. The lowest BCUT2D eigenvalue weighted by molar-refractivity contribution is 0.0302. The second kappa shape index (κ2) is 12.3. The largest absolute Gasteiger partial charge is 0.497 e. The SMILES string of the molecule is COc1ccc(CN2Cc3nc(-c4c(F)cccc4F)cc(Nc4ccc(C(=O)N5CCOCC5)cn4)c3C2=O)c(OC)c1. The van der Waals surface area contributed by atoms with Crippen LogP contribution in [0.2, 0.25) is 0 Å². The number of methoxy groups -OCH3 is 2. The van der Waals surface area contributed by atoms with Crippen molar-refractivity contribution < 1.29 is 32.6 Å². The van der Waals surface area contributed by atoms with Gasteiger partial charge in [-0.1, -0.05) is 6.07 Å². The number of morpholine rings is 1. The number of anilines is 2. The van der Waals surface area contributed by atoms with Crippen molar-refractivity contribution in [3.05, 3.63) is 94.8 Å². The maximum atomic E-state index is 14.8. The highest BCUT2D eigenvalue weighted by Crippen LogP contribution is 2.37. The molecule has 226 valence electrons. The molecule has 0 spiro atoms. The van der Waals surface area contributed by atoms with E-state index in [0.717, 1.165) is 17.7 Å². The number of fused-ring (bicyclic) bond motifs is 1. The molecule has 0 unspecified atom stereocenters. The van der Waals surface area contributed by atoms with Gasteiger partial charge in [-0.3, -0.25) is 9.59 Å². The zero-order chi connectivity index (χ0) is 30.8. The van der Waals surface area contributed by atoms with Crippen LogP contribution in [-0.2, 0) is 17.8 Å². The lowest BCUT2D eigenvalue weighted by Gasteiger charge is -2.26. The average molecular weight is 602 g/mol. The summed E-state index contributed by atoms with van der Waals surface area (Å²) in [5.74, 6) is -0.559. The van der Waals surface area contributed by atoms with Gasteiger partial charge in [0.1, 0.15) is 29.0 Å². The zero-order valence-electron chi connectivity index (χ0n) is 24.1. The van der Waals surface area contributed by atoms with E-state index in [0.29, 0.717) is 54.9 Å². The molecule has 0 aliphatic carbocycles. The van der Waals surface area contributed by atoms with Crippen molar-refractivity contribution in [3.63, 3.8) is 0 Å². The molecule has 10 nitrogen and oxygen atoms in total. The van der Waals surface area contributed by atoms with Crippen molar-refractivity contribution in [2.24, 2.45) is 0 Å². The number of benzene rings is 2. The normalized spacial score (nSPS) is 14.4. The highest BCUT2D eigenvalue weighted by Gasteiger charge is 2.34. The standard InChI is InChI=1S/C32H29F2N5O5/c1-42-21-8-6-20(27(14-21)43-2)17-39-18-26-30(32(39)41)25(15-24(36-26)29-22(33)4-3-5-23(29)34)37-28-9-7-19(16-35-28)31(40)38-10-12-44-13-11-38/h3-9,14-16H,10-13,17-18H2,1-2H3,(H,35,36,37). The molecule has 2 aliphatic heterocycles. The highest BCUT2D eigenvalue weighted by molar-refractivity contribution is 6.04. The molecule has 1 fully saturated rings. The Labute approximate surface area is 252 Å². The van der Waals surface area contributed by atoms with Crippen LogP contribution < -0.4 is 14.8 Å². The molecule has 2 aliphatic rings. The first kappa shape index (κ1) is 29.0. The Balaban J connectivity index is 1.34. The van der Waals surface area contributed by atoms with Crippen molar-refractivity contribution in [1.82, 2.24) is 19.8 Å². The second-order valence-corrected chi connectivity index (χ2v) is 10.3. The van der Waals surface area contributed by atoms with E-state index in [2.05, 4.69) is 15.3 Å². The van der Waals surface area contributed by atoms with E-state index in [1.165, 1.54) is 25.4 Å². The molecule has 1 saturated heterocycles. The van der Waals surface area contributed by atoms with Gasteiger partial charge in [0, 0.05) is 30.9 Å². The maximum absolute atomic E-state index is 14.8. The summed E-state index contributed by atoms with van der Waals surface area (Å²) in [7, 11) is 3.08. The van der Waals surface area contributed by atoms with Crippen LogP contribution in [0.25, 0.3) is 11.3 Å². The van der Waals surface area contributed by atoms with Crippen LogP contribution in [0.4, 0.5) is 20.3 Å². The fourth-order valence-electron chi connectivity index (χ4n) is 5.33. The number of ether oxygens (including phenoxy) is 3. The third-order valence-electron chi connectivity index (χ3n) is 7.58. The van der Waals surface area contributed by atoms with Gasteiger partial charge >= 0.3 is 0 Å². The fourth-order valence-corrected chi connectivity index (χ4v) is 5.33. The van der Waals surface area contributed by atoms with Gasteiger partial charge < -0.3 is 29.3 Å². The minimum atomic E-state index is -0.781. The van der Waals surface area contributed by atoms with E-state index < -0.39 is 11.6 Å². The minimum Gasteiger partial charge on any atom is -0.497 e. The number of amides is 2. The molecule has 0 radical (unpaired) electrons. The minimum absolute atomic E-state index is 0.0256. The Morgan fingerprint density at radius 1 is 1.00 bits per heavy atom. The summed E-state index contributed by atoms with van der Waals surface area (Å²) in [6.07, 6.45) is 1.45. The van der Waals surface area contributed by atoms with E-state index in [1.807, 2.05) is 6.07 Å². The predicted octanol–water partition coefficient (Wildman–Crippen LogP) is 4.81. The third-order valence-corrected chi connectivity index (χ3v) is 7.58. The van der Waals surface area contributed by atoms with E-state index in [-0.39, 0.29) is 47.4 Å². The maximum Gasteiger partial charge on any atom is 0.258 e. The molecular weight excluding hydrogens is 572 g/mol. The van der Waals surface area contributed by atoms with Gasteiger partial charge in [0.25, 0.3) is 11.8 Å². The summed E-state index contributed by atoms with van der Waals surface area (Å²) in [6.45, 7) is 2.25. The Bertz CT molecular complexity index is 1710. The van der Waals surface area contributed by atoms with E-state index in [4.69, 9.17) is 14.2 Å². The van der Waals surface area contributed by atoms with Crippen LogP contribution in [0.5, 0.6) is 11.5 Å². The number of rotatable bonds is 8. The number of pyridine rings is 2. The van der Waals surface area contributed by atoms with Crippen LogP contribution in [0.1, 0.15) is 32.0 Å². The first-order valence-corrected chi connectivity index (χ1v) is 13.9. The van der Waals surface area contributed by atoms with E-state index in [9.17, 15) is 18.4 Å². The van der Waals surface area contributed by atoms with Crippen molar-refractivity contribution >= 4 is 23.3 Å². The average Bonchev–Trinajstić information content (AvgIpc) is 3.36. The first-order valence-electron chi connectivity index (χ1n) is 13.9. The zero-order valence-corrected chi connectivity index (χ0v) is 24.1. The van der Waals surface area contributed by atoms with Crippen molar-refractivity contribution in [1.29, 1.82) is 0 Å². The number of nitrogens with one attached hydrogen (secondary N) is 1. The van der Waals surface area contributed by atoms with Gasteiger partial charge in [-0.15, -0.1) is 0 Å². The van der Waals surface area contributed by atoms with Crippen LogP contribution >= 0.6 is 0 Å². The van der Waals surface area contributed by atoms with Crippen LogP contribution in [-0.4, -0.2) is 72.1 Å². The second-order valence-electron chi connectivity index (χ2n) is 10.3. The molecule has 1 N–H and O–H groups in total. The number of hydrogen-bond acceptors (Lipinski definition) is 8. The molecule has 44 heavy (non-hydrogen) atoms. The Hall–Kier alpha value is -5.10. The lowest BCUT2D eigenvalue weighted by Crippen LogP contribution is -2.40. The Morgan fingerprint density at radius 2 is 1.77 bits per heavy atom. The van der Waals surface area contributed by atoms with Crippen LogP contribution in [0.3, 0.4) is 0 Å². The molecule has 0 bridgehead atoms. The molecule has 2 aromatic heterocycles. The molecular formula is C32H29F2N5O5. The van der Waals surface area contributed by atoms with Gasteiger partial charge in [0.2, 0.25) is 0 Å². The molecule has 2 aromatic carbocycles. The number of aromatic nitrogens is 2. The summed E-state index contributed by atoms with van der Waals surface area (Å²) in [5.41, 5.74) is 1.76. The quantitative estimate of drug-likeness (QED) is 0.307. The topological polar surface area (TPSA) is 106 Å². The summed E-state index contributed by atoms with van der Waals surface area (Å²) < 4.78 is 45.8. The number of hydrogen-bond donors (Lipinski definition) is 1. The van der Waals surface area contributed by atoms with Gasteiger partial charge in [0.15, 0.2) is 0 Å². The smallest absolute Gasteiger partial charge is 0.258 e. The molecule has 6 rings (SSSR count). The number of carbonyl (C=O) groups is 2. The molecule has 0 saturated carbocycles. The Kier molecular flexibility index (Phi) is 8.07. The van der Waals surface area contributed by atoms with Gasteiger partial charge in [-0.05, 0) is 42.5 Å². The Morgan fingerprint density at radius 3 is 2.45 bits per heavy atom. The van der Waals surface area contributed by atoms with Gasteiger partial charge in [-0.2, -0.15) is 0 Å². The summed E-state index contributed by atoms with van der Waals surface area (Å²) in [6, 6.07) is 13.6. The summed E-state index contributed by atoms with van der Waals surface area (Å²) >= 11 is 0. The fraction of sp³-hybridized carbons (Fsp3) is 0.250.